The zero-order valence-electron chi connectivity index (χ0n) is 16.8. The third kappa shape index (κ3) is 4.80. The van der Waals surface area contributed by atoms with Crippen LogP contribution in [0.4, 0.5) is 0 Å². The van der Waals surface area contributed by atoms with E-state index in [1.807, 2.05) is 62.5 Å². The molecule has 5 nitrogen and oxygen atoms in total. The maximum atomic E-state index is 12.8. The van der Waals surface area contributed by atoms with Crippen LogP contribution in [0.1, 0.15) is 37.8 Å². The SMILES string of the molecule is CC(=O)N[C@@H](C(=O)NC[C@@H](c1ccccc1Cl)c1c[nH]c2ccccc12)C(C)C. The van der Waals surface area contributed by atoms with Crippen LogP contribution in [0, 0.1) is 5.92 Å². The minimum atomic E-state index is -0.581. The highest BCUT2D eigenvalue weighted by Gasteiger charge is 2.26. The number of carbonyl (C=O) groups is 2. The van der Waals surface area contributed by atoms with E-state index in [2.05, 4.69) is 21.7 Å². The van der Waals surface area contributed by atoms with Crippen molar-refractivity contribution < 1.29 is 9.59 Å². The molecular weight excluding hydrogens is 386 g/mol. The molecule has 0 saturated heterocycles. The molecule has 3 aromatic rings. The van der Waals surface area contributed by atoms with Crippen LogP contribution in [0.25, 0.3) is 10.9 Å². The Bertz CT molecular complexity index is 1010. The summed E-state index contributed by atoms with van der Waals surface area (Å²) in [7, 11) is 0. The second-order valence-corrected chi connectivity index (χ2v) is 7.94. The zero-order valence-corrected chi connectivity index (χ0v) is 17.6. The summed E-state index contributed by atoms with van der Waals surface area (Å²) < 4.78 is 0. The van der Waals surface area contributed by atoms with Gasteiger partial charge in [-0.3, -0.25) is 9.59 Å². The normalized spacial score (nSPS) is 13.3. The molecule has 0 bridgehead atoms. The number of fused-ring (bicyclic) bond motifs is 1. The lowest BCUT2D eigenvalue weighted by Crippen LogP contribution is -2.49. The molecule has 29 heavy (non-hydrogen) atoms. The number of H-pyrrole nitrogens is 1. The fourth-order valence-corrected chi connectivity index (χ4v) is 3.86. The maximum absolute atomic E-state index is 12.8. The fourth-order valence-electron chi connectivity index (χ4n) is 3.59. The minimum Gasteiger partial charge on any atom is -0.361 e. The molecule has 152 valence electrons. The summed E-state index contributed by atoms with van der Waals surface area (Å²) in [4.78, 5) is 27.6. The first-order valence-electron chi connectivity index (χ1n) is 9.73. The number of para-hydroxylation sites is 1. The summed E-state index contributed by atoms with van der Waals surface area (Å²) >= 11 is 6.50. The Labute approximate surface area is 175 Å². The van der Waals surface area contributed by atoms with Gasteiger partial charge in [0.15, 0.2) is 0 Å². The van der Waals surface area contributed by atoms with Crippen LogP contribution in [-0.2, 0) is 9.59 Å². The standard InChI is InChI=1S/C23H26ClN3O2/c1-14(2)22(27-15(3)28)23(29)26-13-18(16-8-4-6-10-20(16)24)19-12-25-21-11-7-5-9-17(19)21/h4-12,14,18,22,25H,13H2,1-3H3,(H,26,29)(H,27,28)/t18-,22+/m0/s1. The first kappa shape index (κ1) is 20.9. The molecule has 0 aliphatic heterocycles. The van der Waals surface area contributed by atoms with Gasteiger partial charge in [0.1, 0.15) is 6.04 Å². The zero-order chi connectivity index (χ0) is 21.0. The number of rotatable bonds is 7. The summed E-state index contributed by atoms with van der Waals surface area (Å²) in [6.45, 7) is 5.60. The molecule has 0 spiro atoms. The number of hydrogen-bond donors (Lipinski definition) is 3. The highest BCUT2D eigenvalue weighted by molar-refractivity contribution is 6.31. The molecular formula is C23H26ClN3O2. The minimum absolute atomic E-state index is 0.0225. The number of benzene rings is 2. The predicted molar refractivity (Wildman–Crippen MR) is 117 cm³/mol. The Morgan fingerprint density at radius 2 is 1.72 bits per heavy atom. The third-order valence-electron chi connectivity index (χ3n) is 5.07. The topological polar surface area (TPSA) is 74.0 Å². The number of carbonyl (C=O) groups excluding carboxylic acids is 2. The van der Waals surface area contributed by atoms with Crippen LogP contribution >= 0.6 is 11.6 Å². The Kier molecular flexibility index (Phi) is 6.60. The lowest BCUT2D eigenvalue weighted by Gasteiger charge is -2.24. The molecule has 0 fully saturated rings. The summed E-state index contributed by atoms with van der Waals surface area (Å²) in [5, 5.41) is 7.50. The van der Waals surface area contributed by atoms with Crippen LogP contribution < -0.4 is 10.6 Å². The molecule has 0 aliphatic carbocycles. The molecule has 3 rings (SSSR count). The van der Waals surface area contributed by atoms with Crippen molar-refractivity contribution in [3.05, 3.63) is 70.9 Å². The van der Waals surface area contributed by atoms with E-state index >= 15 is 0 Å². The lowest BCUT2D eigenvalue weighted by atomic mass is 9.90. The number of amides is 2. The Morgan fingerprint density at radius 1 is 1.03 bits per heavy atom. The van der Waals surface area contributed by atoms with Gasteiger partial charge in [0, 0.05) is 41.5 Å². The van der Waals surface area contributed by atoms with Crippen molar-refractivity contribution in [1.82, 2.24) is 15.6 Å². The second kappa shape index (κ2) is 9.14. The summed E-state index contributed by atoms with van der Waals surface area (Å²) in [6.07, 6.45) is 1.97. The molecule has 0 radical (unpaired) electrons. The highest BCUT2D eigenvalue weighted by atomic mass is 35.5. The Hall–Kier alpha value is -2.79. The molecule has 6 heteroatoms. The van der Waals surface area contributed by atoms with Crippen LogP contribution in [0.2, 0.25) is 5.02 Å². The molecule has 2 amide bonds. The first-order valence-corrected chi connectivity index (χ1v) is 10.1. The van der Waals surface area contributed by atoms with Gasteiger partial charge in [-0.1, -0.05) is 61.8 Å². The lowest BCUT2D eigenvalue weighted by molar-refractivity contribution is -0.129. The smallest absolute Gasteiger partial charge is 0.242 e. The number of nitrogens with one attached hydrogen (secondary N) is 3. The number of aromatic amines is 1. The van der Waals surface area contributed by atoms with Gasteiger partial charge in [0.25, 0.3) is 0 Å². The van der Waals surface area contributed by atoms with Crippen molar-refractivity contribution in [2.24, 2.45) is 5.92 Å². The van der Waals surface area contributed by atoms with Gasteiger partial charge in [-0.25, -0.2) is 0 Å². The molecule has 2 atom stereocenters. The van der Waals surface area contributed by atoms with Gasteiger partial charge in [0.2, 0.25) is 11.8 Å². The van der Waals surface area contributed by atoms with E-state index in [4.69, 9.17) is 11.6 Å². The maximum Gasteiger partial charge on any atom is 0.242 e. The number of hydrogen-bond acceptors (Lipinski definition) is 2. The molecule has 1 aromatic heterocycles. The Morgan fingerprint density at radius 3 is 2.41 bits per heavy atom. The average Bonchev–Trinajstić information content (AvgIpc) is 3.11. The van der Waals surface area contributed by atoms with Crippen molar-refractivity contribution in [1.29, 1.82) is 0 Å². The van der Waals surface area contributed by atoms with Gasteiger partial charge in [-0.2, -0.15) is 0 Å². The Balaban J connectivity index is 1.92. The molecule has 2 aromatic carbocycles. The summed E-state index contributed by atoms with van der Waals surface area (Å²) in [5.41, 5.74) is 3.04. The van der Waals surface area contributed by atoms with Gasteiger partial charge in [0.05, 0.1) is 0 Å². The van der Waals surface area contributed by atoms with E-state index in [1.54, 1.807) is 0 Å². The van der Waals surface area contributed by atoms with Crippen molar-refractivity contribution in [3.63, 3.8) is 0 Å². The quantitative estimate of drug-likeness (QED) is 0.544. The predicted octanol–water partition coefficient (Wildman–Crippen LogP) is 4.23. The number of halogens is 1. The van der Waals surface area contributed by atoms with Crippen LogP contribution in [0.5, 0.6) is 0 Å². The first-order chi connectivity index (χ1) is 13.9. The van der Waals surface area contributed by atoms with E-state index < -0.39 is 6.04 Å². The molecule has 0 saturated carbocycles. The second-order valence-electron chi connectivity index (χ2n) is 7.53. The monoisotopic (exact) mass is 411 g/mol. The molecule has 0 unspecified atom stereocenters. The van der Waals surface area contributed by atoms with Crippen LogP contribution in [-0.4, -0.2) is 29.4 Å². The van der Waals surface area contributed by atoms with Crippen molar-refractivity contribution in [2.45, 2.75) is 32.7 Å². The molecule has 3 N–H and O–H groups in total. The van der Waals surface area contributed by atoms with Crippen molar-refractivity contribution in [3.8, 4) is 0 Å². The van der Waals surface area contributed by atoms with Crippen LogP contribution in [0.15, 0.2) is 54.7 Å². The average molecular weight is 412 g/mol. The molecule has 0 aliphatic rings. The fraction of sp³-hybridized carbons (Fsp3) is 0.304. The summed E-state index contributed by atoms with van der Waals surface area (Å²) in [6, 6.07) is 15.1. The van der Waals surface area contributed by atoms with E-state index in [1.165, 1.54) is 6.92 Å². The third-order valence-corrected chi connectivity index (χ3v) is 5.41. The van der Waals surface area contributed by atoms with Gasteiger partial charge < -0.3 is 15.6 Å². The van der Waals surface area contributed by atoms with Gasteiger partial charge in [-0.05, 0) is 29.2 Å². The van der Waals surface area contributed by atoms with Crippen molar-refractivity contribution in [2.75, 3.05) is 6.54 Å². The van der Waals surface area contributed by atoms with E-state index in [0.717, 1.165) is 22.0 Å². The molecule has 1 heterocycles. The van der Waals surface area contributed by atoms with E-state index in [0.29, 0.717) is 11.6 Å². The van der Waals surface area contributed by atoms with Crippen LogP contribution in [0.3, 0.4) is 0 Å². The largest absolute Gasteiger partial charge is 0.361 e. The van der Waals surface area contributed by atoms with Gasteiger partial charge in [-0.15, -0.1) is 0 Å². The van der Waals surface area contributed by atoms with E-state index in [9.17, 15) is 9.59 Å². The highest BCUT2D eigenvalue weighted by Crippen LogP contribution is 2.34. The summed E-state index contributed by atoms with van der Waals surface area (Å²) in [5.74, 6) is -0.579. The van der Waals surface area contributed by atoms with E-state index in [-0.39, 0.29) is 23.7 Å². The number of aromatic nitrogens is 1. The van der Waals surface area contributed by atoms with Gasteiger partial charge >= 0.3 is 0 Å². The van der Waals surface area contributed by atoms with Crippen molar-refractivity contribution >= 4 is 34.3 Å².